The molecule has 48 heavy (non-hydrogen) atoms. The van der Waals surface area contributed by atoms with E-state index in [4.69, 9.17) is 9.47 Å². The van der Waals surface area contributed by atoms with Crippen molar-refractivity contribution in [2.24, 2.45) is 0 Å². The van der Waals surface area contributed by atoms with Gasteiger partial charge in [-0.2, -0.15) is 4.98 Å². The number of rotatable bonds is 11. The SMILES string of the molecule is C/C=C(\C)C(C)(C)F.C=C(C)c1ccc(COc2nc(-c3c(OC)ncnc3C3CC3)ncc2CO)cc1.CC.CCCC.CCCC. The lowest BCUT2D eigenvalue weighted by atomic mass is 10.0. The first kappa shape index (κ1) is 44.4. The molecule has 4 rings (SSSR count). The molecular formula is C40H63FN4O3. The molecule has 0 amide bonds. The Morgan fingerprint density at radius 2 is 1.52 bits per heavy atom. The monoisotopic (exact) mass is 666 g/mol. The van der Waals surface area contributed by atoms with Crippen LogP contribution < -0.4 is 9.47 Å². The van der Waals surface area contributed by atoms with Crippen LogP contribution in [0.15, 0.2) is 55.0 Å². The van der Waals surface area contributed by atoms with Gasteiger partial charge in [0.2, 0.25) is 11.8 Å². The van der Waals surface area contributed by atoms with Gasteiger partial charge < -0.3 is 14.6 Å². The van der Waals surface area contributed by atoms with E-state index in [1.165, 1.54) is 32.0 Å². The van der Waals surface area contributed by atoms with Gasteiger partial charge in [0.15, 0.2) is 5.82 Å². The number of halogens is 1. The van der Waals surface area contributed by atoms with Crippen LogP contribution >= 0.6 is 0 Å². The molecule has 1 aromatic carbocycles. The van der Waals surface area contributed by atoms with Crippen molar-refractivity contribution in [1.82, 2.24) is 19.9 Å². The summed E-state index contributed by atoms with van der Waals surface area (Å²) in [4.78, 5) is 17.7. The molecule has 268 valence electrons. The molecule has 1 aliphatic rings. The van der Waals surface area contributed by atoms with E-state index in [9.17, 15) is 9.50 Å². The van der Waals surface area contributed by atoms with Gasteiger partial charge in [-0.25, -0.2) is 19.3 Å². The maximum absolute atomic E-state index is 12.7. The number of hydrogen-bond donors (Lipinski definition) is 1. The highest BCUT2D eigenvalue weighted by Gasteiger charge is 2.31. The van der Waals surface area contributed by atoms with Crippen molar-refractivity contribution in [2.75, 3.05) is 7.11 Å². The van der Waals surface area contributed by atoms with Gasteiger partial charge in [-0.1, -0.05) is 110 Å². The Bertz CT molecular complexity index is 1340. The average Bonchev–Trinajstić information content (AvgIpc) is 3.97. The highest BCUT2D eigenvalue weighted by atomic mass is 19.1. The van der Waals surface area contributed by atoms with E-state index in [0.29, 0.717) is 41.2 Å². The number of aromatic nitrogens is 4. The van der Waals surface area contributed by atoms with Crippen molar-refractivity contribution in [3.8, 4) is 23.1 Å². The van der Waals surface area contributed by atoms with Crippen LogP contribution in [0, 0.1) is 0 Å². The van der Waals surface area contributed by atoms with Crippen molar-refractivity contribution < 1.29 is 19.0 Å². The third kappa shape index (κ3) is 16.0. The predicted molar refractivity (Wildman–Crippen MR) is 200 cm³/mol. The van der Waals surface area contributed by atoms with Gasteiger partial charge in [-0.3, -0.25) is 0 Å². The van der Waals surface area contributed by atoms with E-state index in [0.717, 1.165) is 40.8 Å². The molecule has 8 heteroatoms. The molecular weight excluding hydrogens is 603 g/mol. The van der Waals surface area contributed by atoms with E-state index >= 15 is 0 Å². The predicted octanol–water partition coefficient (Wildman–Crippen LogP) is 11.3. The summed E-state index contributed by atoms with van der Waals surface area (Å²) in [6.07, 6.45) is 12.3. The molecule has 0 aliphatic heterocycles. The molecule has 1 aliphatic carbocycles. The molecule has 0 bridgehead atoms. The largest absolute Gasteiger partial charge is 0.480 e. The Morgan fingerprint density at radius 1 is 0.958 bits per heavy atom. The van der Waals surface area contributed by atoms with E-state index in [1.807, 2.05) is 52.0 Å². The number of aliphatic hydroxyl groups excluding tert-OH is 1. The Morgan fingerprint density at radius 3 is 1.92 bits per heavy atom. The number of methoxy groups -OCH3 is 1. The van der Waals surface area contributed by atoms with Gasteiger partial charge in [0.25, 0.3) is 0 Å². The molecule has 0 atom stereocenters. The summed E-state index contributed by atoms with van der Waals surface area (Å²) in [7, 11) is 1.57. The Balaban J connectivity index is 0.00000102. The summed E-state index contributed by atoms with van der Waals surface area (Å²) in [5.74, 6) is 1.57. The van der Waals surface area contributed by atoms with Gasteiger partial charge in [0.05, 0.1) is 25.0 Å². The van der Waals surface area contributed by atoms with Gasteiger partial charge in [0, 0.05) is 12.1 Å². The number of benzene rings is 1. The lowest BCUT2D eigenvalue weighted by Crippen LogP contribution is -2.12. The summed E-state index contributed by atoms with van der Waals surface area (Å²) in [5, 5.41) is 9.71. The van der Waals surface area contributed by atoms with Crippen LogP contribution in [-0.2, 0) is 13.2 Å². The number of nitrogens with zero attached hydrogens (tertiary/aromatic N) is 4. The van der Waals surface area contributed by atoms with Crippen molar-refractivity contribution in [3.05, 3.63) is 77.4 Å². The summed E-state index contributed by atoms with van der Waals surface area (Å²) >= 11 is 0. The van der Waals surface area contributed by atoms with Crippen LogP contribution in [0.25, 0.3) is 17.0 Å². The summed E-state index contributed by atoms with van der Waals surface area (Å²) < 4.78 is 24.1. The number of ether oxygens (including phenoxy) is 2. The fourth-order valence-corrected chi connectivity index (χ4v) is 3.54. The van der Waals surface area contributed by atoms with Crippen LogP contribution in [0.1, 0.15) is 143 Å². The van der Waals surface area contributed by atoms with Crippen LogP contribution in [0.3, 0.4) is 0 Å². The first-order valence-electron chi connectivity index (χ1n) is 17.5. The van der Waals surface area contributed by atoms with Gasteiger partial charge in [-0.15, -0.1) is 0 Å². The molecule has 2 heterocycles. The highest BCUT2D eigenvalue weighted by Crippen LogP contribution is 2.45. The van der Waals surface area contributed by atoms with Crippen LogP contribution in [0.4, 0.5) is 4.39 Å². The van der Waals surface area contributed by atoms with E-state index < -0.39 is 5.67 Å². The summed E-state index contributed by atoms with van der Waals surface area (Å²) in [6, 6.07) is 7.99. The lowest BCUT2D eigenvalue weighted by molar-refractivity contribution is 0.252. The van der Waals surface area contributed by atoms with Gasteiger partial charge in [-0.05, 0) is 64.2 Å². The first-order valence-corrected chi connectivity index (χ1v) is 17.5. The second kappa shape index (κ2) is 24.5. The van der Waals surface area contributed by atoms with E-state index in [2.05, 4.69) is 54.2 Å². The van der Waals surface area contributed by atoms with Gasteiger partial charge >= 0.3 is 0 Å². The zero-order valence-electron chi connectivity index (χ0n) is 31.9. The standard InChI is InChI=1S/C23H24N4O3.C7H13F.2C4H10.C2H6/c1-14(2)16-6-4-15(5-7-16)12-30-22-18(11-28)10-24-21(27-22)19-20(17-8-9-17)25-13-26-23(19)29-3;1-5-6(2)7(3,4)8;2*1-3-4-2;1-2/h4-7,10,13,17,28H,1,8-9,11-12H2,2-3H3;5H,1-4H3;2*3-4H2,1-2H3;1-2H3/b;6-5+;;;. The Labute approximate surface area is 291 Å². The van der Waals surface area contributed by atoms with Crippen LogP contribution in [-0.4, -0.2) is 37.8 Å². The lowest BCUT2D eigenvalue weighted by Gasteiger charge is -2.13. The van der Waals surface area contributed by atoms with E-state index in [1.54, 1.807) is 40.2 Å². The third-order valence-electron chi connectivity index (χ3n) is 7.41. The third-order valence-corrected chi connectivity index (χ3v) is 7.41. The van der Waals surface area contributed by atoms with Crippen molar-refractivity contribution in [1.29, 1.82) is 0 Å². The maximum atomic E-state index is 12.7. The second-order valence-electron chi connectivity index (χ2n) is 11.8. The van der Waals surface area contributed by atoms with Crippen molar-refractivity contribution in [3.63, 3.8) is 0 Å². The minimum Gasteiger partial charge on any atom is -0.480 e. The number of hydrogen-bond acceptors (Lipinski definition) is 7. The maximum Gasteiger partial charge on any atom is 0.227 e. The molecule has 2 aromatic heterocycles. The van der Waals surface area contributed by atoms with Crippen molar-refractivity contribution >= 4 is 5.57 Å². The Kier molecular flexibility index (Phi) is 22.6. The molecule has 1 N–H and O–H groups in total. The normalized spacial score (nSPS) is 12.0. The number of unbranched alkanes of at least 4 members (excludes halogenated alkanes) is 2. The van der Waals surface area contributed by atoms with Crippen LogP contribution in [0.2, 0.25) is 0 Å². The molecule has 7 nitrogen and oxygen atoms in total. The number of allylic oxidation sites excluding steroid dienone is 3. The molecule has 0 unspecified atom stereocenters. The molecule has 3 aromatic rings. The Hall–Kier alpha value is -3.65. The second-order valence-corrected chi connectivity index (χ2v) is 11.8. The number of aliphatic hydroxyl groups is 1. The highest BCUT2D eigenvalue weighted by molar-refractivity contribution is 5.66. The molecule has 1 fully saturated rings. The zero-order chi connectivity index (χ0) is 36.7. The minimum absolute atomic E-state index is 0.220. The molecule has 1 saturated carbocycles. The smallest absolute Gasteiger partial charge is 0.227 e. The zero-order valence-corrected chi connectivity index (χ0v) is 31.9. The van der Waals surface area contributed by atoms with Crippen LogP contribution in [0.5, 0.6) is 11.8 Å². The molecule has 0 saturated heterocycles. The quantitative estimate of drug-likeness (QED) is 0.204. The van der Waals surface area contributed by atoms with E-state index in [-0.39, 0.29) is 6.61 Å². The first-order chi connectivity index (χ1) is 22.9. The fraction of sp³-hybridized carbons (Fsp3) is 0.550. The molecule has 0 radical (unpaired) electrons. The summed E-state index contributed by atoms with van der Waals surface area (Å²) in [6.45, 7) is 25.5. The minimum atomic E-state index is -1.13. The fourth-order valence-electron chi connectivity index (χ4n) is 3.54. The average molecular weight is 667 g/mol. The van der Waals surface area contributed by atoms with Crippen molar-refractivity contribution in [2.45, 2.75) is 139 Å². The number of alkyl halides is 1. The topological polar surface area (TPSA) is 90.3 Å². The van der Waals surface area contributed by atoms with Gasteiger partial charge in [0.1, 0.15) is 24.2 Å². The molecule has 0 spiro atoms. The summed E-state index contributed by atoms with van der Waals surface area (Å²) in [5.41, 5.74) is 4.83.